The number of pyridine rings is 1. The predicted octanol–water partition coefficient (Wildman–Crippen LogP) is 4.17. The Morgan fingerprint density at radius 1 is 0.964 bits per heavy atom. The predicted molar refractivity (Wildman–Crippen MR) is 109 cm³/mol. The first-order valence-corrected chi connectivity index (χ1v) is 9.11. The molecule has 0 aliphatic heterocycles. The Morgan fingerprint density at radius 3 is 2.43 bits per heavy atom. The molecule has 0 atom stereocenters. The van der Waals surface area contributed by atoms with Crippen molar-refractivity contribution < 1.29 is 4.79 Å². The van der Waals surface area contributed by atoms with Crippen LogP contribution in [0.1, 0.15) is 21.6 Å². The lowest BCUT2D eigenvalue weighted by molar-refractivity contribution is 0.0951. The molecule has 0 bridgehead atoms. The molecule has 4 aromatic rings. The second kappa shape index (κ2) is 7.88. The van der Waals surface area contributed by atoms with Crippen molar-refractivity contribution in [1.29, 1.82) is 0 Å². The summed E-state index contributed by atoms with van der Waals surface area (Å²) in [5, 5.41) is 7.64. The number of amides is 1. The molecule has 138 valence electrons. The van der Waals surface area contributed by atoms with E-state index in [0.29, 0.717) is 17.8 Å². The molecule has 0 saturated carbocycles. The standard InChI is InChI=1S/C23H20N4O/c1-17-10-12-18(13-11-17)22-21(16-27(26-22)20-8-3-2-4-9-20)23(28)25-15-19-7-5-6-14-24-19/h2-14,16H,15H2,1H3,(H,25,28). The van der Waals surface area contributed by atoms with Crippen molar-refractivity contribution in [3.63, 3.8) is 0 Å². The van der Waals surface area contributed by atoms with E-state index in [9.17, 15) is 4.79 Å². The molecule has 2 aromatic carbocycles. The van der Waals surface area contributed by atoms with Crippen LogP contribution in [-0.2, 0) is 6.54 Å². The lowest BCUT2D eigenvalue weighted by Gasteiger charge is -2.05. The first kappa shape index (κ1) is 17.7. The molecule has 1 amide bonds. The van der Waals surface area contributed by atoms with E-state index >= 15 is 0 Å². The highest BCUT2D eigenvalue weighted by atomic mass is 16.1. The Balaban J connectivity index is 1.68. The van der Waals surface area contributed by atoms with Crippen LogP contribution in [0.25, 0.3) is 16.9 Å². The number of hydrogen-bond acceptors (Lipinski definition) is 3. The van der Waals surface area contributed by atoms with Gasteiger partial charge in [0.1, 0.15) is 5.69 Å². The Labute approximate surface area is 163 Å². The summed E-state index contributed by atoms with van der Waals surface area (Å²) >= 11 is 0. The molecule has 2 aromatic heterocycles. The summed E-state index contributed by atoms with van der Waals surface area (Å²) in [6.07, 6.45) is 3.49. The van der Waals surface area contributed by atoms with Crippen LogP contribution in [0.2, 0.25) is 0 Å². The smallest absolute Gasteiger partial charge is 0.255 e. The van der Waals surface area contributed by atoms with Gasteiger partial charge in [0, 0.05) is 18.0 Å². The molecule has 0 spiro atoms. The van der Waals surface area contributed by atoms with E-state index in [4.69, 9.17) is 5.10 Å². The molecule has 5 nitrogen and oxygen atoms in total. The molecule has 0 saturated heterocycles. The first-order chi connectivity index (χ1) is 13.7. The van der Waals surface area contributed by atoms with Crippen LogP contribution in [0.3, 0.4) is 0 Å². The zero-order chi connectivity index (χ0) is 19.3. The molecule has 2 heterocycles. The van der Waals surface area contributed by atoms with E-state index < -0.39 is 0 Å². The number of carbonyl (C=O) groups is 1. The van der Waals surface area contributed by atoms with Crippen molar-refractivity contribution >= 4 is 5.91 Å². The van der Waals surface area contributed by atoms with Crippen molar-refractivity contribution in [1.82, 2.24) is 20.1 Å². The number of carbonyl (C=O) groups excluding carboxylic acids is 1. The van der Waals surface area contributed by atoms with Gasteiger partial charge in [0.25, 0.3) is 5.91 Å². The van der Waals surface area contributed by atoms with Crippen molar-refractivity contribution in [3.05, 3.63) is 102 Å². The molecular weight excluding hydrogens is 348 g/mol. The maximum Gasteiger partial charge on any atom is 0.255 e. The number of hydrogen-bond donors (Lipinski definition) is 1. The van der Waals surface area contributed by atoms with Crippen LogP contribution in [0, 0.1) is 6.92 Å². The first-order valence-electron chi connectivity index (χ1n) is 9.11. The minimum Gasteiger partial charge on any atom is -0.346 e. The van der Waals surface area contributed by atoms with Gasteiger partial charge >= 0.3 is 0 Å². The normalized spacial score (nSPS) is 10.6. The summed E-state index contributed by atoms with van der Waals surface area (Å²) in [6, 6.07) is 23.4. The van der Waals surface area contributed by atoms with Crippen molar-refractivity contribution in [2.75, 3.05) is 0 Å². The molecule has 0 fully saturated rings. The topological polar surface area (TPSA) is 59.8 Å². The molecule has 0 aliphatic rings. The lowest BCUT2D eigenvalue weighted by Crippen LogP contribution is -2.23. The van der Waals surface area contributed by atoms with Crippen LogP contribution < -0.4 is 5.32 Å². The number of aromatic nitrogens is 3. The van der Waals surface area contributed by atoms with E-state index in [0.717, 1.165) is 22.5 Å². The number of aryl methyl sites for hydroxylation is 1. The zero-order valence-electron chi connectivity index (χ0n) is 15.5. The third-order valence-electron chi connectivity index (χ3n) is 4.46. The molecule has 1 N–H and O–H groups in total. The minimum absolute atomic E-state index is 0.177. The lowest BCUT2D eigenvalue weighted by atomic mass is 10.1. The second-order valence-electron chi connectivity index (χ2n) is 6.54. The third-order valence-corrected chi connectivity index (χ3v) is 4.46. The van der Waals surface area contributed by atoms with Crippen molar-refractivity contribution in [3.8, 4) is 16.9 Å². The Bertz CT molecular complexity index is 1070. The van der Waals surface area contributed by atoms with Gasteiger partial charge < -0.3 is 5.32 Å². The van der Waals surface area contributed by atoms with Gasteiger partial charge in [-0.3, -0.25) is 9.78 Å². The van der Waals surface area contributed by atoms with E-state index in [1.54, 1.807) is 17.1 Å². The highest BCUT2D eigenvalue weighted by Gasteiger charge is 2.18. The fraction of sp³-hybridized carbons (Fsp3) is 0.0870. The third kappa shape index (κ3) is 3.83. The summed E-state index contributed by atoms with van der Waals surface area (Å²) < 4.78 is 1.74. The molecule has 5 heteroatoms. The van der Waals surface area contributed by atoms with Gasteiger partial charge in [-0.2, -0.15) is 5.10 Å². The van der Waals surface area contributed by atoms with Crippen LogP contribution >= 0.6 is 0 Å². The Hall–Kier alpha value is -3.73. The van der Waals surface area contributed by atoms with Crippen molar-refractivity contribution in [2.45, 2.75) is 13.5 Å². The van der Waals surface area contributed by atoms with E-state index in [2.05, 4.69) is 10.3 Å². The SMILES string of the molecule is Cc1ccc(-c2nn(-c3ccccc3)cc2C(=O)NCc2ccccn2)cc1. The molecule has 0 radical (unpaired) electrons. The Kier molecular flexibility index (Phi) is 4.97. The molecule has 0 aliphatic carbocycles. The zero-order valence-corrected chi connectivity index (χ0v) is 15.5. The number of rotatable bonds is 5. The maximum absolute atomic E-state index is 12.9. The summed E-state index contributed by atoms with van der Waals surface area (Å²) in [4.78, 5) is 17.2. The van der Waals surface area contributed by atoms with Gasteiger partial charge in [0.2, 0.25) is 0 Å². The maximum atomic E-state index is 12.9. The highest BCUT2D eigenvalue weighted by Crippen LogP contribution is 2.24. The van der Waals surface area contributed by atoms with Crippen LogP contribution in [0.5, 0.6) is 0 Å². The number of nitrogens with one attached hydrogen (secondary N) is 1. The fourth-order valence-corrected chi connectivity index (χ4v) is 2.95. The largest absolute Gasteiger partial charge is 0.346 e. The van der Waals surface area contributed by atoms with Gasteiger partial charge in [-0.15, -0.1) is 0 Å². The van der Waals surface area contributed by atoms with E-state index in [1.165, 1.54) is 0 Å². The summed E-state index contributed by atoms with van der Waals surface area (Å²) in [6.45, 7) is 2.40. The van der Waals surface area contributed by atoms with Crippen LogP contribution in [0.15, 0.2) is 85.2 Å². The van der Waals surface area contributed by atoms with Gasteiger partial charge in [-0.25, -0.2) is 4.68 Å². The summed E-state index contributed by atoms with van der Waals surface area (Å²) in [7, 11) is 0. The molecule has 4 rings (SSSR count). The fourth-order valence-electron chi connectivity index (χ4n) is 2.95. The van der Waals surface area contributed by atoms with Crippen LogP contribution in [-0.4, -0.2) is 20.7 Å². The molecule has 0 unspecified atom stereocenters. The minimum atomic E-state index is -0.177. The van der Waals surface area contributed by atoms with E-state index in [1.807, 2.05) is 79.7 Å². The quantitative estimate of drug-likeness (QED) is 0.575. The van der Waals surface area contributed by atoms with Gasteiger partial charge in [-0.1, -0.05) is 54.1 Å². The van der Waals surface area contributed by atoms with Crippen LogP contribution in [0.4, 0.5) is 0 Å². The molecule has 28 heavy (non-hydrogen) atoms. The second-order valence-corrected chi connectivity index (χ2v) is 6.54. The van der Waals surface area contributed by atoms with Crippen molar-refractivity contribution in [2.24, 2.45) is 0 Å². The summed E-state index contributed by atoms with van der Waals surface area (Å²) in [5.74, 6) is -0.177. The Morgan fingerprint density at radius 2 is 1.71 bits per heavy atom. The van der Waals surface area contributed by atoms with Gasteiger partial charge in [-0.05, 0) is 31.2 Å². The highest BCUT2D eigenvalue weighted by molar-refractivity contribution is 5.99. The number of para-hydroxylation sites is 1. The van der Waals surface area contributed by atoms with Gasteiger partial charge in [0.15, 0.2) is 0 Å². The number of benzene rings is 2. The number of nitrogens with zero attached hydrogens (tertiary/aromatic N) is 3. The summed E-state index contributed by atoms with van der Waals surface area (Å²) in [5.41, 5.74) is 4.96. The molecular formula is C23H20N4O. The monoisotopic (exact) mass is 368 g/mol. The van der Waals surface area contributed by atoms with E-state index in [-0.39, 0.29) is 5.91 Å². The average molecular weight is 368 g/mol. The average Bonchev–Trinajstić information content (AvgIpc) is 3.19. The van der Waals surface area contributed by atoms with Gasteiger partial charge in [0.05, 0.1) is 23.5 Å².